The van der Waals surface area contributed by atoms with Gasteiger partial charge in [-0.1, -0.05) is 6.07 Å². The molecule has 1 heterocycles. The first kappa shape index (κ1) is 12.7. The minimum atomic E-state index is -1.27. The number of carbonyl (C=O) groups is 1. The average Bonchev–Trinajstić information content (AvgIpc) is 2.38. The van der Waals surface area contributed by atoms with Gasteiger partial charge in [0.1, 0.15) is 0 Å². The van der Waals surface area contributed by atoms with Crippen LogP contribution in [-0.4, -0.2) is 27.6 Å². The fourth-order valence-electron chi connectivity index (χ4n) is 1.82. The van der Waals surface area contributed by atoms with Crippen LogP contribution in [0, 0.1) is 10.1 Å². The Labute approximate surface area is 107 Å². The standard InChI is InChI=1S/C12H10N2O5/c1-2-19-11-7-4-3-5-9(14(17)18)10(7)8(6-13-11)12(15)16/h3-6H,2H2,1H3,(H,15,16). The number of rotatable bonds is 4. The molecule has 7 heteroatoms. The summed E-state index contributed by atoms with van der Waals surface area (Å²) in [5, 5.41) is 20.5. The Hall–Kier alpha value is -2.70. The van der Waals surface area contributed by atoms with Crippen molar-refractivity contribution in [3.63, 3.8) is 0 Å². The van der Waals surface area contributed by atoms with Crippen LogP contribution in [0.2, 0.25) is 0 Å². The molecular weight excluding hydrogens is 252 g/mol. The highest BCUT2D eigenvalue weighted by atomic mass is 16.6. The second-order valence-corrected chi connectivity index (χ2v) is 3.67. The van der Waals surface area contributed by atoms with Crippen molar-refractivity contribution in [1.29, 1.82) is 0 Å². The first-order chi connectivity index (χ1) is 9.06. The van der Waals surface area contributed by atoms with Crippen LogP contribution in [0.5, 0.6) is 5.88 Å². The number of ether oxygens (including phenoxy) is 1. The van der Waals surface area contributed by atoms with E-state index in [4.69, 9.17) is 9.84 Å². The van der Waals surface area contributed by atoms with Gasteiger partial charge in [0, 0.05) is 12.3 Å². The summed E-state index contributed by atoms with van der Waals surface area (Å²) in [5.41, 5.74) is -0.496. The fraction of sp³-hybridized carbons (Fsp3) is 0.167. The Morgan fingerprint density at radius 1 is 1.53 bits per heavy atom. The van der Waals surface area contributed by atoms with Crippen LogP contribution < -0.4 is 4.74 Å². The molecule has 0 saturated carbocycles. The minimum absolute atomic E-state index is 0.0263. The highest BCUT2D eigenvalue weighted by molar-refractivity contribution is 6.08. The third-order valence-electron chi connectivity index (χ3n) is 2.56. The van der Waals surface area contributed by atoms with Crippen LogP contribution >= 0.6 is 0 Å². The van der Waals surface area contributed by atoms with Gasteiger partial charge in [-0.3, -0.25) is 10.1 Å². The zero-order valence-electron chi connectivity index (χ0n) is 9.99. The van der Waals surface area contributed by atoms with E-state index in [2.05, 4.69) is 4.98 Å². The molecular formula is C12H10N2O5. The van der Waals surface area contributed by atoms with Gasteiger partial charge in [-0.25, -0.2) is 9.78 Å². The van der Waals surface area contributed by atoms with Crippen LogP contribution in [0.4, 0.5) is 5.69 Å². The maximum atomic E-state index is 11.2. The van der Waals surface area contributed by atoms with Crippen molar-refractivity contribution in [3.05, 3.63) is 40.1 Å². The normalized spacial score (nSPS) is 10.4. The Balaban J connectivity index is 2.88. The Morgan fingerprint density at radius 3 is 2.84 bits per heavy atom. The second-order valence-electron chi connectivity index (χ2n) is 3.67. The molecule has 2 rings (SSSR count). The second kappa shape index (κ2) is 4.89. The summed E-state index contributed by atoms with van der Waals surface area (Å²) in [7, 11) is 0. The third-order valence-corrected chi connectivity index (χ3v) is 2.56. The van der Waals surface area contributed by atoms with Crippen molar-refractivity contribution in [3.8, 4) is 5.88 Å². The highest BCUT2D eigenvalue weighted by Crippen LogP contribution is 2.33. The fourth-order valence-corrected chi connectivity index (χ4v) is 1.82. The molecule has 0 atom stereocenters. The van der Waals surface area contributed by atoms with Crippen LogP contribution in [0.3, 0.4) is 0 Å². The van der Waals surface area contributed by atoms with E-state index in [-0.39, 0.29) is 22.5 Å². The lowest BCUT2D eigenvalue weighted by molar-refractivity contribution is -0.383. The van der Waals surface area contributed by atoms with E-state index in [1.165, 1.54) is 12.1 Å². The van der Waals surface area contributed by atoms with Gasteiger partial charge in [0.2, 0.25) is 5.88 Å². The van der Waals surface area contributed by atoms with Crippen molar-refractivity contribution in [1.82, 2.24) is 4.98 Å². The topological polar surface area (TPSA) is 103 Å². The van der Waals surface area contributed by atoms with Crippen molar-refractivity contribution < 1.29 is 19.6 Å². The molecule has 0 spiro atoms. The van der Waals surface area contributed by atoms with Gasteiger partial charge in [0.05, 0.1) is 27.9 Å². The van der Waals surface area contributed by atoms with E-state index in [9.17, 15) is 14.9 Å². The molecule has 1 N–H and O–H groups in total. The number of hydrogen-bond acceptors (Lipinski definition) is 5. The predicted molar refractivity (Wildman–Crippen MR) is 66.5 cm³/mol. The Bertz CT molecular complexity index is 648. The van der Waals surface area contributed by atoms with E-state index in [1.54, 1.807) is 13.0 Å². The largest absolute Gasteiger partial charge is 0.478 e. The van der Waals surface area contributed by atoms with Crippen LogP contribution in [0.1, 0.15) is 17.3 Å². The van der Waals surface area contributed by atoms with E-state index < -0.39 is 10.9 Å². The molecule has 1 aromatic heterocycles. The molecule has 98 valence electrons. The summed E-state index contributed by atoms with van der Waals surface area (Å²) in [6.45, 7) is 2.08. The Kier molecular flexibility index (Phi) is 3.28. The predicted octanol–water partition coefficient (Wildman–Crippen LogP) is 2.24. The number of aromatic carboxylic acids is 1. The number of nitro benzene ring substituents is 1. The summed E-state index contributed by atoms with van der Waals surface area (Å²) in [6.07, 6.45) is 1.07. The zero-order valence-corrected chi connectivity index (χ0v) is 9.99. The quantitative estimate of drug-likeness (QED) is 0.669. The smallest absolute Gasteiger partial charge is 0.338 e. The average molecular weight is 262 g/mol. The first-order valence-electron chi connectivity index (χ1n) is 5.48. The maximum Gasteiger partial charge on any atom is 0.338 e. The molecule has 0 fully saturated rings. The number of nitro groups is 1. The number of carboxylic acid groups (broad SMARTS) is 1. The molecule has 0 amide bonds. The number of aromatic nitrogens is 1. The molecule has 0 aliphatic rings. The number of fused-ring (bicyclic) bond motifs is 1. The molecule has 0 unspecified atom stereocenters. The van der Waals surface area contributed by atoms with E-state index in [1.807, 2.05) is 0 Å². The summed E-state index contributed by atoms with van der Waals surface area (Å²) < 4.78 is 5.26. The number of benzene rings is 1. The van der Waals surface area contributed by atoms with E-state index >= 15 is 0 Å². The lowest BCUT2D eigenvalue weighted by atomic mass is 10.1. The monoisotopic (exact) mass is 262 g/mol. The van der Waals surface area contributed by atoms with Crippen molar-refractivity contribution in [2.24, 2.45) is 0 Å². The number of non-ortho nitro benzene ring substituents is 1. The summed E-state index contributed by atoms with van der Waals surface area (Å²) in [6, 6.07) is 4.27. The van der Waals surface area contributed by atoms with Crippen molar-refractivity contribution in [2.45, 2.75) is 6.92 Å². The van der Waals surface area contributed by atoms with Crippen molar-refractivity contribution in [2.75, 3.05) is 6.61 Å². The lowest BCUT2D eigenvalue weighted by Crippen LogP contribution is -2.04. The SMILES string of the molecule is CCOc1ncc(C(=O)O)c2c([N+](=O)[O-])cccc12. The molecule has 2 aromatic rings. The molecule has 0 bridgehead atoms. The van der Waals surface area contributed by atoms with Crippen LogP contribution in [0.15, 0.2) is 24.4 Å². The third kappa shape index (κ3) is 2.17. The zero-order chi connectivity index (χ0) is 14.0. The molecule has 1 aromatic carbocycles. The van der Waals surface area contributed by atoms with Gasteiger partial charge in [-0.05, 0) is 13.0 Å². The number of nitrogens with zero attached hydrogens (tertiary/aromatic N) is 2. The number of hydrogen-bond donors (Lipinski definition) is 1. The molecule has 19 heavy (non-hydrogen) atoms. The summed E-state index contributed by atoms with van der Waals surface area (Å²) in [4.78, 5) is 25.4. The van der Waals surface area contributed by atoms with Gasteiger partial charge in [-0.15, -0.1) is 0 Å². The molecule has 0 aliphatic carbocycles. The molecule has 0 saturated heterocycles. The van der Waals surface area contributed by atoms with Gasteiger partial charge in [-0.2, -0.15) is 0 Å². The summed E-state index contributed by atoms with van der Waals surface area (Å²) >= 11 is 0. The van der Waals surface area contributed by atoms with Gasteiger partial charge >= 0.3 is 5.97 Å². The van der Waals surface area contributed by atoms with E-state index in [0.717, 1.165) is 6.20 Å². The number of pyridine rings is 1. The molecule has 0 radical (unpaired) electrons. The minimum Gasteiger partial charge on any atom is -0.478 e. The van der Waals surface area contributed by atoms with Gasteiger partial charge in [0.15, 0.2) is 0 Å². The molecule has 0 aliphatic heterocycles. The number of carboxylic acids is 1. The first-order valence-corrected chi connectivity index (χ1v) is 5.48. The maximum absolute atomic E-state index is 11.2. The lowest BCUT2D eigenvalue weighted by Gasteiger charge is -2.08. The highest BCUT2D eigenvalue weighted by Gasteiger charge is 2.22. The van der Waals surface area contributed by atoms with E-state index in [0.29, 0.717) is 12.0 Å². The van der Waals surface area contributed by atoms with Crippen LogP contribution in [-0.2, 0) is 0 Å². The van der Waals surface area contributed by atoms with Gasteiger partial charge in [0.25, 0.3) is 5.69 Å². The molecule has 7 nitrogen and oxygen atoms in total. The van der Waals surface area contributed by atoms with Crippen molar-refractivity contribution >= 4 is 22.4 Å². The van der Waals surface area contributed by atoms with Crippen LogP contribution in [0.25, 0.3) is 10.8 Å². The summed E-state index contributed by atoms with van der Waals surface area (Å²) in [5.74, 6) is -1.08. The Morgan fingerprint density at radius 2 is 2.26 bits per heavy atom. The van der Waals surface area contributed by atoms with Gasteiger partial charge < -0.3 is 9.84 Å².